The minimum atomic E-state index is -1.66. The van der Waals surface area contributed by atoms with Crippen molar-refractivity contribution in [2.24, 2.45) is 0 Å². The monoisotopic (exact) mass is 516 g/mol. The van der Waals surface area contributed by atoms with Gasteiger partial charge in [0.25, 0.3) is 0 Å². The number of pyridine rings is 2. The molecule has 0 amide bonds. The van der Waals surface area contributed by atoms with E-state index in [-0.39, 0.29) is 0 Å². The summed E-state index contributed by atoms with van der Waals surface area (Å²) < 4.78 is 2.68. The van der Waals surface area contributed by atoms with Crippen molar-refractivity contribution in [1.29, 1.82) is 0 Å². The molecule has 0 N–H and O–H groups in total. The van der Waals surface area contributed by atoms with Gasteiger partial charge in [-0.2, -0.15) is 0 Å². The topological polar surface area (TPSA) is 25.8 Å². The molecule has 0 fully saturated rings. The molecule has 0 atom stereocenters. The van der Waals surface area contributed by atoms with Crippen LogP contribution in [0.5, 0.6) is 0 Å². The zero-order chi connectivity index (χ0) is 15.3. The van der Waals surface area contributed by atoms with Gasteiger partial charge in [0.1, 0.15) is 0 Å². The van der Waals surface area contributed by atoms with E-state index in [2.05, 4.69) is 73.5 Å². The molecule has 0 aliphatic rings. The van der Waals surface area contributed by atoms with Crippen molar-refractivity contribution in [3.05, 3.63) is 48.8 Å². The van der Waals surface area contributed by atoms with E-state index in [1.54, 1.807) is 12.4 Å². The van der Waals surface area contributed by atoms with Crippen LogP contribution in [0, 0.1) is 0 Å². The number of rotatable bonds is 2. The molecule has 0 spiro atoms. The Morgan fingerprint density at radius 3 is 1.57 bits per heavy atom. The van der Waals surface area contributed by atoms with Gasteiger partial charge in [0, 0.05) is 23.2 Å². The first-order chi connectivity index (χ1) is 10.1. The van der Waals surface area contributed by atoms with Gasteiger partial charge in [-0.05, 0) is 12.1 Å². The first-order valence-corrected chi connectivity index (χ1v) is 23.9. The second kappa shape index (κ2) is 7.88. The Kier molecular flexibility index (Phi) is 6.44. The molecular formula is C16H18Br2N2Sn. The van der Waals surface area contributed by atoms with Gasteiger partial charge in [-0.15, -0.1) is 0 Å². The van der Waals surface area contributed by atoms with Gasteiger partial charge in [0.15, 0.2) is 0 Å². The third-order valence-corrected chi connectivity index (χ3v) is 24.3. The SMILES string of the molecule is C[CH2][Sn]([Br])([Br])[CH2]C.c1cnc2c(c1)ccc1cccnc12. The number of nitrogens with zero attached hydrogens (tertiary/aromatic N) is 2. The standard InChI is InChI=1S/C12H8N2.2C2H5.2BrH.Sn/c1-3-9-5-6-10-4-2-8-14-12(10)11(9)13-7-1;2*1-2;;;/h1-8H;2*1H2,2H3;2*1H;/q;;;;;+2/p-2. The maximum Gasteiger partial charge on any atom is 0.0964 e. The van der Waals surface area contributed by atoms with E-state index in [0.29, 0.717) is 0 Å². The van der Waals surface area contributed by atoms with E-state index in [9.17, 15) is 0 Å². The van der Waals surface area contributed by atoms with E-state index < -0.39 is 13.9 Å². The number of fused-ring (bicyclic) bond motifs is 3. The predicted octanol–water partition coefficient (Wildman–Crippen LogP) is 6.04. The Morgan fingerprint density at radius 2 is 1.24 bits per heavy atom. The third-order valence-electron chi connectivity index (χ3n) is 3.38. The van der Waals surface area contributed by atoms with Crippen molar-refractivity contribution in [1.82, 2.24) is 9.97 Å². The number of halogens is 2. The van der Waals surface area contributed by atoms with Crippen LogP contribution in [-0.2, 0) is 0 Å². The molecular weight excluding hydrogens is 499 g/mol. The number of hydrogen-bond donors (Lipinski definition) is 0. The fourth-order valence-corrected chi connectivity index (χ4v) is 3.36. The molecule has 0 radical (unpaired) electrons. The van der Waals surface area contributed by atoms with Gasteiger partial charge in [-0.1, -0.05) is 24.3 Å². The van der Waals surface area contributed by atoms with Gasteiger partial charge in [-0.25, -0.2) is 0 Å². The minimum absolute atomic E-state index is 0.977. The summed E-state index contributed by atoms with van der Waals surface area (Å²) in [6, 6.07) is 12.1. The zero-order valence-electron chi connectivity index (χ0n) is 12.2. The van der Waals surface area contributed by atoms with Crippen LogP contribution in [0.1, 0.15) is 13.8 Å². The van der Waals surface area contributed by atoms with Crippen LogP contribution in [0.15, 0.2) is 48.8 Å². The molecule has 2 aromatic heterocycles. The second-order valence-electron chi connectivity index (χ2n) is 4.78. The maximum absolute atomic E-state index is 4.35. The Morgan fingerprint density at radius 1 is 0.810 bits per heavy atom. The molecule has 21 heavy (non-hydrogen) atoms. The van der Waals surface area contributed by atoms with Crippen LogP contribution in [0.3, 0.4) is 0 Å². The van der Waals surface area contributed by atoms with Gasteiger partial charge in [-0.3, -0.25) is 9.97 Å². The van der Waals surface area contributed by atoms with Crippen LogP contribution in [0.2, 0.25) is 8.87 Å². The van der Waals surface area contributed by atoms with Crippen molar-refractivity contribution in [3.63, 3.8) is 0 Å². The Bertz CT molecular complexity index is 671. The summed E-state index contributed by atoms with van der Waals surface area (Å²) in [4.78, 5) is 8.69. The third kappa shape index (κ3) is 4.63. The molecule has 0 saturated heterocycles. The summed E-state index contributed by atoms with van der Waals surface area (Å²) in [6.07, 6.45) is 3.60. The molecule has 0 aliphatic heterocycles. The molecule has 3 rings (SSSR count). The molecule has 0 unspecified atom stereocenters. The Balaban J connectivity index is 0.000000199. The van der Waals surface area contributed by atoms with E-state index in [4.69, 9.17) is 0 Å². The zero-order valence-corrected chi connectivity index (χ0v) is 18.2. The van der Waals surface area contributed by atoms with Crippen LogP contribution in [0.4, 0.5) is 0 Å². The van der Waals surface area contributed by atoms with Gasteiger partial charge < -0.3 is 0 Å². The first kappa shape index (κ1) is 17.2. The summed E-state index contributed by atoms with van der Waals surface area (Å²) in [5.74, 6) is 0. The van der Waals surface area contributed by atoms with Crippen LogP contribution in [-0.4, -0.2) is 23.9 Å². The molecule has 2 nitrogen and oxygen atoms in total. The second-order valence-corrected chi connectivity index (χ2v) is 41.2. The van der Waals surface area contributed by atoms with Crippen LogP contribution in [0.25, 0.3) is 21.8 Å². The minimum Gasteiger partial charge on any atom is -0.254 e. The van der Waals surface area contributed by atoms with E-state index in [1.165, 1.54) is 8.87 Å². The Labute approximate surface area is 141 Å². The predicted molar refractivity (Wildman–Crippen MR) is 102 cm³/mol. The van der Waals surface area contributed by atoms with Crippen LogP contribution >= 0.6 is 25.4 Å². The molecule has 0 saturated carbocycles. The summed E-state index contributed by atoms with van der Waals surface area (Å²) in [6.45, 7) is 4.48. The largest absolute Gasteiger partial charge is 0.254 e. The molecule has 2 heterocycles. The normalized spacial score (nSPS) is 11.2. The molecule has 3 aromatic rings. The molecule has 110 valence electrons. The van der Waals surface area contributed by atoms with Crippen molar-refractivity contribution >= 4 is 61.1 Å². The van der Waals surface area contributed by atoms with E-state index in [0.717, 1.165) is 21.8 Å². The van der Waals surface area contributed by atoms with Gasteiger partial charge >= 0.3 is 62.1 Å². The number of benzene rings is 1. The quantitative estimate of drug-likeness (QED) is 0.306. The number of aromatic nitrogens is 2. The first-order valence-electron chi connectivity index (χ1n) is 7.03. The van der Waals surface area contributed by atoms with Crippen molar-refractivity contribution in [2.45, 2.75) is 22.7 Å². The number of hydrogen-bond acceptors (Lipinski definition) is 2. The fourth-order valence-electron chi connectivity index (χ4n) is 1.93. The maximum atomic E-state index is 4.35. The van der Waals surface area contributed by atoms with Crippen molar-refractivity contribution in [2.75, 3.05) is 0 Å². The summed E-state index contributed by atoms with van der Waals surface area (Å²) in [5.41, 5.74) is 1.95. The molecule has 0 bridgehead atoms. The van der Waals surface area contributed by atoms with Gasteiger partial charge in [0.2, 0.25) is 0 Å². The molecule has 1 aromatic carbocycles. The molecule has 5 heteroatoms. The van der Waals surface area contributed by atoms with Crippen LogP contribution < -0.4 is 0 Å². The smallest absolute Gasteiger partial charge is 0.0964 e. The average Bonchev–Trinajstić information content (AvgIpc) is 2.55. The summed E-state index contributed by atoms with van der Waals surface area (Å²) in [5, 5.41) is 2.28. The van der Waals surface area contributed by atoms with Crippen molar-refractivity contribution in [3.8, 4) is 0 Å². The average molecular weight is 517 g/mol. The summed E-state index contributed by atoms with van der Waals surface area (Å²) in [7, 11) is 0. The Hall–Kier alpha value is -0.201. The summed E-state index contributed by atoms with van der Waals surface area (Å²) >= 11 is 5.75. The van der Waals surface area contributed by atoms with Gasteiger partial charge in [0.05, 0.1) is 11.0 Å². The van der Waals surface area contributed by atoms with E-state index >= 15 is 0 Å². The molecule has 0 aliphatic carbocycles. The van der Waals surface area contributed by atoms with Crippen molar-refractivity contribution < 1.29 is 0 Å². The van der Waals surface area contributed by atoms with E-state index in [1.807, 2.05) is 12.1 Å². The fraction of sp³-hybridized carbons (Fsp3) is 0.250.